The Balaban J connectivity index is 1.64. The van der Waals surface area contributed by atoms with E-state index in [0.29, 0.717) is 55.8 Å². The van der Waals surface area contributed by atoms with Crippen LogP contribution in [-0.2, 0) is 10.0 Å². The molecule has 3 heterocycles. The molecule has 0 unspecified atom stereocenters. The van der Waals surface area contributed by atoms with E-state index in [9.17, 15) is 23.6 Å². The second kappa shape index (κ2) is 8.52. The summed E-state index contributed by atoms with van der Waals surface area (Å²) in [6.07, 6.45) is 4.65. The highest BCUT2D eigenvalue weighted by Crippen LogP contribution is 2.39. The van der Waals surface area contributed by atoms with Gasteiger partial charge in [-0.25, -0.2) is 13.4 Å². The molecule has 0 spiro atoms. The van der Waals surface area contributed by atoms with Crippen molar-refractivity contribution < 1.29 is 13.5 Å². The van der Waals surface area contributed by atoms with E-state index in [4.69, 9.17) is 0 Å². The van der Waals surface area contributed by atoms with E-state index in [-0.39, 0.29) is 16.5 Å². The minimum Gasteiger partial charge on any atom is -0.388 e. The summed E-state index contributed by atoms with van der Waals surface area (Å²) in [5, 5.41) is 24.1. The Morgan fingerprint density at radius 2 is 2.06 bits per heavy atom. The maximum Gasteiger partial charge on any atom is 0.270 e. The molecule has 2 aromatic rings. The highest BCUT2D eigenvalue weighted by molar-refractivity contribution is 7.92. The molecule has 0 amide bonds. The van der Waals surface area contributed by atoms with Gasteiger partial charge in [-0.2, -0.15) is 14.6 Å². The Hall–Kier alpha value is -2.81. The van der Waals surface area contributed by atoms with E-state index in [2.05, 4.69) is 21.9 Å². The number of hydrogen-bond acceptors (Lipinski definition) is 8. The maximum atomic E-state index is 13.1. The molecule has 0 bridgehead atoms. The van der Waals surface area contributed by atoms with Gasteiger partial charge in [0.15, 0.2) is 0 Å². The summed E-state index contributed by atoms with van der Waals surface area (Å²) in [6, 6.07) is 2.89. The predicted octanol–water partition coefficient (Wildman–Crippen LogP) is 1.88. The Morgan fingerprint density at radius 1 is 1.36 bits per heavy atom. The number of aromatic nitrogens is 3. The molecule has 10 nitrogen and oxygen atoms in total. The standard InChI is InChI=1S/C22H28N6O4S/c1-14(2)33(31,32)27-9-6-17(7-10-27)25-21-24-13-16-11-15(12-23)20(29)28(19(16)26-21)18-5-4-8-22(18,3)30/h11,13,17-18,30H,1,4-10H2,2-3H3,(H,24,25,26)/t18-,22-/m1/s1. The zero-order valence-electron chi connectivity index (χ0n) is 18.8. The zero-order valence-corrected chi connectivity index (χ0v) is 19.6. The Morgan fingerprint density at radius 3 is 2.64 bits per heavy atom. The van der Waals surface area contributed by atoms with Crippen LogP contribution < -0.4 is 10.9 Å². The van der Waals surface area contributed by atoms with E-state index < -0.39 is 27.2 Å². The second-order valence-corrected chi connectivity index (χ2v) is 11.3. The van der Waals surface area contributed by atoms with Gasteiger partial charge in [-0.1, -0.05) is 6.58 Å². The third-order valence-electron chi connectivity index (χ3n) is 6.65. The normalized spacial score (nSPS) is 24.6. The van der Waals surface area contributed by atoms with Gasteiger partial charge in [0.25, 0.3) is 5.56 Å². The van der Waals surface area contributed by atoms with E-state index in [0.717, 1.165) is 6.42 Å². The summed E-state index contributed by atoms with van der Waals surface area (Å²) in [6.45, 7) is 7.47. The number of pyridine rings is 1. The number of hydrogen-bond donors (Lipinski definition) is 2. The van der Waals surface area contributed by atoms with Crippen LogP contribution in [0.2, 0.25) is 0 Å². The maximum absolute atomic E-state index is 13.1. The summed E-state index contributed by atoms with van der Waals surface area (Å²) >= 11 is 0. The highest BCUT2D eigenvalue weighted by atomic mass is 32.2. The van der Waals surface area contributed by atoms with Crippen molar-refractivity contribution in [1.29, 1.82) is 5.26 Å². The van der Waals surface area contributed by atoms with E-state index in [1.165, 1.54) is 21.9 Å². The van der Waals surface area contributed by atoms with Crippen molar-refractivity contribution in [3.63, 3.8) is 0 Å². The van der Waals surface area contributed by atoms with Crippen LogP contribution in [0.15, 0.2) is 28.5 Å². The summed E-state index contributed by atoms with van der Waals surface area (Å²) in [5.41, 5.74) is -1.20. The van der Waals surface area contributed by atoms with E-state index in [1.807, 2.05) is 6.07 Å². The zero-order chi connectivity index (χ0) is 24.0. The lowest BCUT2D eigenvalue weighted by molar-refractivity contribution is 0.0266. The molecular formula is C22H28N6O4S. The van der Waals surface area contributed by atoms with E-state index >= 15 is 0 Å². The van der Waals surface area contributed by atoms with Crippen LogP contribution in [0, 0.1) is 11.3 Å². The minimum atomic E-state index is -3.47. The van der Waals surface area contributed by atoms with Crippen LogP contribution in [0.5, 0.6) is 0 Å². The lowest BCUT2D eigenvalue weighted by atomic mass is 9.99. The fraction of sp³-hybridized carbons (Fsp3) is 0.545. The molecule has 2 fully saturated rings. The van der Waals surface area contributed by atoms with Crippen molar-refractivity contribution in [2.75, 3.05) is 18.4 Å². The molecule has 2 aliphatic rings. The molecule has 2 N–H and O–H groups in total. The second-order valence-electron chi connectivity index (χ2n) is 9.11. The van der Waals surface area contributed by atoms with Crippen molar-refractivity contribution in [2.24, 2.45) is 0 Å². The molecule has 0 radical (unpaired) electrons. The topological polar surface area (TPSA) is 141 Å². The van der Waals surface area contributed by atoms with Gasteiger partial charge in [0, 0.05) is 35.6 Å². The van der Waals surface area contributed by atoms with Crippen molar-refractivity contribution in [3.05, 3.63) is 39.7 Å². The lowest BCUT2D eigenvalue weighted by Crippen LogP contribution is -2.42. The van der Waals surface area contributed by atoms with Crippen molar-refractivity contribution >= 4 is 27.0 Å². The summed E-state index contributed by atoms with van der Waals surface area (Å²) in [7, 11) is -3.47. The molecule has 2 atom stereocenters. The molecule has 2 aromatic heterocycles. The van der Waals surface area contributed by atoms with Gasteiger partial charge >= 0.3 is 0 Å². The van der Waals surface area contributed by atoms with Crippen LogP contribution in [0.1, 0.15) is 57.6 Å². The Labute approximate surface area is 192 Å². The number of piperidine rings is 1. The largest absolute Gasteiger partial charge is 0.388 e. The summed E-state index contributed by atoms with van der Waals surface area (Å²) < 4.78 is 27.5. The predicted molar refractivity (Wildman–Crippen MR) is 124 cm³/mol. The lowest BCUT2D eigenvalue weighted by Gasteiger charge is -2.31. The van der Waals surface area contributed by atoms with Crippen LogP contribution in [0.4, 0.5) is 5.95 Å². The first-order valence-electron chi connectivity index (χ1n) is 11.0. The number of rotatable bonds is 5. The average molecular weight is 473 g/mol. The molecule has 1 saturated heterocycles. The fourth-order valence-electron chi connectivity index (χ4n) is 4.74. The van der Waals surface area contributed by atoms with Gasteiger partial charge in [-0.15, -0.1) is 0 Å². The van der Waals surface area contributed by atoms with Crippen molar-refractivity contribution in [1.82, 2.24) is 18.8 Å². The molecule has 33 heavy (non-hydrogen) atoms. The van der Waals surface area contributed by atoms with Crippen molar-refractivity contribution in [2.45, 2.75) is 63.6 Å². The monoisotopic (exact) mass is 472 g/mol. The van der Waals surface area contributed by atoms with Crippen LogP contribution in [0.25, 0.3) is 11.0 Å². The molecule has 1 saturated carbocycles. The molecule has 11 heteroatoms. The highest BCUT2D eigenvalue weighted by Gasteiger charge is 2.40. The van der Waals surface area contributed by atoms with Crippen LogP contribution in [-0.4, -0.2) is 57.1 Å². The quantitative estimate of drug-likeness (QED) is 0.672. The van der Waals surface area contributed by atoms with Gasteiger partial charge in [-0.3, -0.25) is 9.36 Å². The number of nitrogens with zero attached hydrogens (tertiary/aromatic N) is 5. The van der Waals surface area contributed by atoms with Gasteiger partial charge in [-0.05, 0) is 52.0 Å². The number of aliphatic hydroxyl groups is 1. The number of allylic oxidation sites excluding steroid dienone is 1. The van der Waals surface area contributed by atoms with Gasteiger partial charge < -0.3 is 10.4 Å². The number of fused-ring (bicyclic) bond motifs is 1. The van der Waals surface area contributed by atoms with Gasteiger partial charge in [0.1, 0.15) is 17.3 Å². The first-order valence-corrected chi connectivity index (χ1v) is 12.5. The number of anilines is 1. The summed E-state index contributed by atoms with van der Waals surface area (Å²) in [4.78, 5) is 22.1. The van der Waals surface area contributed by atoms with Gasteiger partial charge in [0.05, 0.1) is 11.6 Å². The average Bonchev–Trinajstić information content (AvgIpc) is 3.12. The third-order valence-corrected chi connectivity index (χ3v) is 8.58. The van der Waals surface area contributed by atoms with Crippen LogP contribution >= 0.6 is 0 Å². The number of nitrogens with one attached hydrogen (secondary N) is 1. The minimum absolute atomic E-state index is 0.0133. The fourth-order valence-corrected chi connectivity index (χ4v) is 5.87. The Kier molecular flexibility index (Phi) is 6.03. The van der Waals surface area contributed by atoms with Gasteiger partial charge in [0.2, 0.25) is 16.0 Å². The number of sulfonamides is 1. The molecule has 1 aliphatic carbocycles. The SMILES string of the molecule is C=C(C)S(=O)(=O)N1CCC(Nc2ncc3cc(C#N)c(=O)n([C@@H]4CCC[C@@]4(C)O)c3n2)CC1. The first-order chi connectivity index (χ1) is 15.5. The molecular weight excluding hydrogens is 444 g/mol. The molecule has 176 valence electrons. The first kappa shape index (κ1) is 23.4. The van der Waals surface area contributed by atoms with E-state index in [1.54, 1.807) is 13.1 Å². The smallest absolute Gasteiger partial charge is 0.270 e. The molecule has 4 rings (SSSR count). The third kappa shape index (κ3) is 4.26. The number of nitriles is 1. The van der Waals surface area contributed by atoms with Crippen LogP contribution in [0.3, 0.4) is 0 Å². The molecule has 1 aliphatic heterocycles. The summed E-state index contributed by atoms with van der Waals surface area (Å²) in [5.74, 6) is 0.319. The molecule has 0 aromatic carbocycles. The van der Waals surface area contributed by atoms with Crippen molar-refractivity contribution in [3.8, 4) is 6.07 Å². The Bertz CT molecular complexity index is 1300.